The van der Waals surface area contributed by atoms with Gasteiger partial charge in [-0.15, -0.1) is 0 Å². The Balaban J connectivity index is 1.32. The first-order valence-electron chi connectivity index (χ1n) is 12.7. The molecule has 6 nitrogen and oxygen atoms in total. The minimum atomic E-state index is -0.550. The third kappa shape index (κ3) is 5.10. The number of fused-ring (bicyclic) bond motifs is 3. The van der Waals surface area contributed by atoms with Crippen LogP contribution in [0, 0.1) is 0 Å². The summed E-state index contributed by atoms with van der Waals surface area (Å²) < 4.78 is 16.7. The molecule has 0 saturated carbocycles. The van der Waals surface area contributed by atoms with Crippen LogP contribution in [0.2, 0.25) is 10.0 Å². The Morgan fingerprint density at radius 2 is 1.74 bits per heavy atom. The number of Topliss-reactive ketones (excluding diaryl/α,β-unsaturated/α-hetero) is 1. The summed E-state index contributed by atoms with van der Waals surface area (Å²) in [7, 11) is 0. The monoisotopic (exact) mass is 559 g/mol. The molecule has 0 atom stereocenters. The molecule has 1 aliphatic heterocycles. The van der Waals surface area contributed by atoms with Crippen molar-refractivity contribution in [2.24, 2.45) is 0 Å². The van der Waals surface area contributed by atoms with E-state index in [1.807, 2.05) is 42.5 Å². The fraction of sp³-hybridized carbons (Fsp3) is 0.194. The summed E-state index contributed by atoms with van der Waals surface area (Å²) in [6.07, 6.45) is 4.35. The molecule has 0 saturated heterocycles. The van der Waals surface area contributed by atoms with E-state index < -0.39 is 12.6 Å². The maximum absolute atomic E-state index is 13.5. The van der Waals surface area contributed by atoms with Crippen LogP contribution in [-0.4, -0.2) is 36.6 Å². The number of para-hydroxylation sites is 1. The number of hydrogen-bond donors (Lipinski definition) is 0. The Labute approximate surface area is 235 Å². The Bertz CT molecular complexity index is 1660. The molecule has 0 unspecified atom stereocenters. The van der Waals surface area contributed by atoms with E-state index in [-0.39, 0.29) is 5.78 Å². The van der Waals surface area contributed by atoms with Crippen LogP contribution in [0.3, 0.4) is 0 Å². The number of benzene rings is 3. The molecule has 2 heterocycles. The number of carbonyl (C=O) groups is 2. The van der Waals surface area contributed by atoms with E-state index in [0.29, 0.717) is 63.2 Å². The van der Waals surface area contributed by atoms with Gasteiger partial charge in [0.25, 0.3) is 0 Å². The minimum Gasteiger partial charge on any atom is -0.486 e. The molecule has 4 aromatic rings. The van der Waals surface area contributed by atoms with Crippen LogP contribution in [0.25, 0.3) is 22.6 Å². The number of ketones is 1. The molecule has 196 valence electrons. The standard InChI is InChI=1S/C31H23Cl2NO5/c32-23-10-8-18(15-24(23)33)14-20-4-3-6-22-29(21-5-1-2-7-25(21)34-30(20)22)31(36)39-17-26(35)19-9-11-27-28(16-19)38-13-12-37-27/h1-2,5,7-11,14-16H,3-4,6,12-13,17H2/b20-14+. The van der Waals surface area contributed by atoms with Crippen molar-refractivity contribution < 1.29 is 23.8 Å². The number of esters is 1. The highest BCUT2D eigenvalue weighted by Crippen LogP contribution is 2.37. The molecular formula is C31H23Cl2NO5. The molecule has 0 radical (unpaired) electrons. The van der Waals surface area contributed by atoms with E-state index in [0.717, 1.165) is 35.2 Å². The Kier molecular flexibility index (Phi) is 6.98. The number of halogens is 2. The first-order chi connectivity index (χ1) is 19.0. The molecule has 1 aromatic heterocycles. The van der Waals surface area contributed by atoms with Crippen molar-refractivity contribution in [1.29, 1.82) is 0 Å². The maximum atomic E-state index is 13.5. The van der Waals surface area contributed by atoms with E-state index >= 15 is 0 Å². The highest BCUT2D eigenvalue weighted by Gasteiger charge is 2.27. The predicted molar refractivity (Wildman–Crippen MR) is 151 cm³/mol. The van der Waals surface area contributed by atoms with Gasteiger partial charge in [-0.25, -0.2) is 9.78 Å². The Morgan fingerprint density at radius 3 is 2.59 bits per heavy atom. The quantitative estimate of drug-likeness (QED) is 0.189. The van der Waals surface area contributed by atoms with Gasteiger partial charge in [-0.1, -0.05) is 47.5 Å². The number of allylic oxidation sites excluding steroid dienone is 1. The average Bonchev–Trinajstić information content (AvgIpc) is 2.96. The fourth-order valence-electron chi connectivity index (χ4n) is 5.01. The number of rotatable bonds is 5. The second-order valence-electron chi connectivity index (χ2n) is 9.39. The molecule has 39 heavy (non-hydrogen) atoms. The average molecular weight is 560 g/mol. The number of ether oxygens (including phenoxy) is 3. The van der Waals surface area contributed by atoms with Crippen LogP contribution >= 0.6 is 23.2 Å². The maximum Gasteiger partial charge on any atom is 0.339 e. The highest BCUT2D eigenvalue weighted by atomic mass is 35.5. The van der Waals surface area contributed by atoms with E-state index in [1.165, 1.54) is 0 Å². The van der Waals surface area contributed by atoms with Crippen LogP contribution in [0.1, 0.15) is 50.4 Å². The molecule has 0 N–H and O–H groups in total. The summed E-state index contributed by atoms with van der Waals surface area (Å²) in [5.41, 5.74) is 5.01. The largest absolute Gasteiger partial charge is 0.486 e. The van der Waals surface area contributed by atoms with E-state index in [1.54, 1.807) is 24.3 Å². The summed E-state index contributed by atoms with van der Waals surface area (Å²) in [6.45, 7) is 0.490. The predicted octanol–water partition coefficient (Wildman–Crippen LogP) is 7.23. The van der Waals surface area contributed by atoms with Crippen molar-refractivity contribution in [2.45, 2.75) is 19.3 Å². The topological polar surface area (TPSA) is 74.7 Å². The van der Waals surface area contributed by atoms with Gasteiger partial charge in [0.1, 0.15) is 13.2 Å². The zero-order valence-electron chi connectivity index (χ0n) is 20.8. The van der Waals surface area contributed by atoms with E-state index in [9.17, 15) is 9.59 Å². The fourth-order valence-corrected chi connectivity index (χ4v) is 5.32. The van der Waals surface area contributed by atoms with E-state index in [2.05, 4.69) is 0 Å². The normalized spacial score (nSPS) is 15.2. The summed E-state index contributed by atoms with van der Waals surface area (Å²) in [5, 5.41) is 1.66. The molecule has 0 fully saturated rings. The van der Waals surface area contributed by atoms with Crippen LogP contribution in [-0.2, 0) is 11.2 Å². The van der Waals surface area contributed by atoms with Gasteiger partial charge in [-0.2, -0.15) is 0 Å². The molecule has 0 spiro atoms. The zero-order valence-corrected chi connectivity index (χ0v) is 22.3. The van der Waals surface area contributed by atoms with Crippen molar-refractivity contribution in [3.05, 3.63) is 98.7 Å². The molecule has 8 heteroatoms. The van der Waals surface area contributed by atoms with Crippen molar-refractivity contribution in [1.82, 2.24) is 4.98 Å². The van der Waals surface area contributed by atoms with Gasteiger partial charge < -0.3 is 14.2 Å². The summed E-state index contributed by atoms with van der Waals surface area (Å²) in [4.78, 5) is 31.4. The lowest BCUT2D eigenvalue weighted by Gasteiger charge is -2.22. The van der Waals surface area contributed by atoms with Crippen LogP contribution < -0.4 is 9.47 Å². The van der Waals surface area contributed by atoms with Gasteiger partial charge in [0.2, 0.25) is 0 Å². The first kappa shape index (κ1) is 25.4. The zero-order chi connectivity index (χ0) is 26.9. The van der Waals surface area contributed by atoms with Crippen LogP contribution in [0.15, 0.2) is 60.7 Å². The lowest BCUT2D eigenvalue weighted by atomic mass is 9.86. The lowest BCUT2D eigenvalue weighted by Crippen LogP contribution is -2.19. The highest BCUT2D eigenvalue weighted by molar-refractivity contribution is 6.42. The molecule has 3 aromatic carbocycles. The third-order valence-corrected chi connectivity index (χ3v) is 7.60. The second-order valence-corrected chi connectivity index (χ2v) is 10.2. The van der Waals surface area contributed by atoms with E-state index in [4.69, 9.17) is 42.4 Å². The smallest absolute Gasteiger partial charge is 0.339 e. The van der Waals surface area contributed by atoms with Gasteiger partial charge in [0, 0.05) is 10.9 Å². The second kappa shape index (κ2) is 10.7. The van der Waals surface area contributed by atoms with Gasteiger partial charge >= 0.3 is 5.97 Å². The third-order valence-electron chi connectivity index (χ3n) is 6.86. The summed E-state index contributed by atoms with van der Waals surface area (Å²) >= 11 is 12.3. The van der Waals surface area contributed by atoms with Gasteiger partial charge in [-0.3, -0.25) is 4.79 Å². The van der Waals surface area contributed by atoms with Crippen LogP contribution in [0.4, 0.5) is 0 Å². The SMILES string of the molecule is O=C(COC(=O)c1c2c(nc3ccccc13)/C(=C/c1ccc(Cl)c(Cl)c1)CCC2)c1ccc2c(c1)OCCO2. The number of carbonyl (C=O) groups excluding carboxylic acids is 2. The number of aromatic nitrogens is 1. The molecule has 6 rings (SSSR count). The minimum absolute atomic E-state index is 0.326. The molecule has 2 aliphatic rings. The Hall–Kier alpha value is -3.87. The number of hydrogen-bond acceptors (Lipinski definition) is 6. The first-order valence-corrected chi connectivity index (χ1v) is 13.4. The van der Waals surface area contributed by atoms with Crippen molar-refractivity contribution >= 4 is 57.5 Å². The van der Waals surface area contributed by atoms with Crippen molar-refractivity contribution in [3.8, 4) is 11.5 Å². The Morgan fingerprint density at radius 1 is 0.923 bits per heavy atom. The van der Waals surface area contributed by atoms with Crippen molar-refractivity contribution in [3.63, 3.8) is 0 Å². The lowest BCUT2D eigenvalue weighted by molar-refractivity contribution is 0.0475. The molecule has 0 bridgehead atoms. The number of nitrogens with zero attached hydrogens (tertiary/aromatic N) is 1. The van der Waals surface area contributed by atoms with Gasteiger partial charge in [-0.05, 0) is 78.4 Å². The van der Waals surface area contributed by atoms with Crippen LogP contribution in [0.5, 0.6) is 11.5 Å². The van der Waals surface area contributed by atoms with Gasteiger partial charge in [0.05, 0.1) is 26.8 Å². The molecule has 0 amide bonds. The molecular weight excluding hydrogens is 537 g/mol. The van der Waals surface area contributed by atoms with Crippen molar-refractivity contribution in [2.75, 3.05) is 19.8 Å². The summed E-state index contributed by atoms with van der Waals surface area (Å²) in [5.74, 6) is 0.225. The molecule has 1 aliphatic carbocycles. The summed E-state index contributed by atoms with van der Waals surface area (Å²) in [6, 6.07) is 17.9. The van der Waals surface area contributed by atoms with Gasteiger partial charge in [0.15, 0.2) is 23.9 Å². The number of pyridine rings is 1.